The monoisotopic (exact) mass is 533 g/mol. The highest BCUT2D eigenvalue weighted by molar-refractivity contribution is 7.89. The lowest BCUT2D eigenvalue weighted by atomic mass is 10.1. The summed E-state index contributed by atoms with van der Waals surface area (Å²) in [4.78, 5) is 19.6. The molecule has 0 spiro atoms. The number of thiazole rings is 1. The molecule has 2 aromatic carbocycles. The molecule has 2 fully saturated rings. The number of ether oxygens (including phenoxy) is 1. The van der Waals surface area contributed by atoms with Gasteiger partial charge in [0, 0.05) is 44.6 Å². The number of piperidine rings is 1. The maximum absolute atomic E-state index is 13.0. The van der Waals surface area contributed by atoms with Crippen molar-refractivity contribution in [3.05, 3.63) is 53.1 Å². The van der Waals surface area contributed by atoms with E-state index in [9.17, 15) is 13.2 Å². The largest absolute Gasteiger partial charge is 0.467 e. The molecular formula is C25H28ClN3O4S2. The summed E-state index contributed by atoms with van der Waals surface area (Å²) >= 11 is 7.69. The SMILES string of the molecule is O=C(c1ccc(S(=O)(=O)N2CCCCCC2)cc1)N1CCC(Oc2nc3c(Cl)cccc3s2)CC1. The van der Waals surface area contributed by atoms with Crippen LogP contribution >= 0.6 is 22.9 Å². The van der Waals surface area contributed by atoms with Crippen LogP contribution in [0.25, 0.3) is 10.2 Å². The van der Waals surface area contributed by atoms with Gasteiger partial charge in [-0.05, 0) is 49.2 Å². The lowest BCUT2D eigenvalue weighted by Gasteiger charge is -2.31. The number of para-hydroxylation sites is 1. The van der Waals surface area contributed by atoms with E-state index in [0.717, 1.165) is 35.9 Å². The second-order valence-electron chi connectivity index (χ2n) is 9.02. The summed E-state index contributed by atoms with van der Waals surface area (Å²) in [6.45, 7) is 2.26. The molecule has 1 amide bonds. The van der Waals surface area contributed by atoms with Gasteiger partial charge in [-0.1, -0.05) is 41.8 Å². The number of nitrogens with zero attached hydrogens (tertiary/aromatic N) is 3. The third-order valence-electron chi connectivity index (χ3n) is 6.65. The summed E-state index contributed by atoms with van der Waals surface area (Å²) in [5.41, 5.74) is 1.25. The van der Waals surface area contributed by atoms with Crippen molar-refractivity contribution in [3.8, 4) is 5.19 Å². The number of rotatable bonds is 5. The molecule has 2 aliphatic heterocycles. The number of fused-ring (bicyclic) bond motifs is 1. The standard InChI is InChI=1S/C25H28ClN3O4S2/c26-21-6-5-7-22-23(21)27-25(34-22)33-19-12-16-28(17-13-19)24(30)18-8-10-20(11-9-18)35(31,32)29-14-3-1-2-4-15-29/h5-11,19H,1-4,12-17H2. The van der Waals surface area contributed by atoms with Gasteiger partial charge in [-0.15, -0.1) is 0 Å². The van der Waals surface area contributed by atoms with E-state index < -0.39 is 10.0 Å². The number of likely N-dealkylation sites (tertiary alicyclic amines) is 1. The van der Waals surface area contributed by atoms with Crippen LogP contribution in [0.5, 0.6) is 5.19 Å². The lowest BCUT2D eigenvalue weighted by molar-refractivity contribution is 0.0595. The molecule has 1 aromatic heterocycles. The molecule has 0 radical (unpaired) electrons. The summed E-state index contributed by atoms with van der Waals surface area (Å²) in [7, 11) is -3.52. The summed E-state index contributed by atoms with van der Waals surface area (Å²) < 4.78 is 34.6. The summed E-state index contributed by atoms with van der Waals surface area (Å²) in [5.74, 6) is -0.0889. The van der Waals surface area contributed by atoms with E-state index in [1.165, 1.54) is 11.3 Å². The number of halogens is 1. The summed E-state index contributed by atoms with van der Waals surface area (Å²) in [6, 6.07) is 12.0. The van der Waals surface area contributed by atoms with Gasteiger partial charge in [-0.2, -0.15) is 4.31 Å². The maximum Gasteiger partial charge on any atom is 0.274 e. The van der Waals surface area contributed by atoms with Gasteiger partial charge in [0.1, 0.15) is 11.6 Å². The molecule has 2 aliphatic rings. The Morgan fingerprint density at radius 1 is 0.971 bits per heavy atom. The highest BCUT2D eigenvalue weighted by Crippen LogP contribution is 2.33. The third-order valence-corrected chi connectivity index (χ3v) is 9.78. The van der Waals surface area contributed by atoms with Crippen LogP contribution < -0.4 is 4.74 Å². The van der Waals surface area contributed by atoms with Gasteiger partial charge in [0.15, 0.2) is 0 Å². The highest BCUT2D eigenvalue weighted by atomic mass is 35.5. The Hall–Kier alpha value is -2.20. The molecular weight excluding hydrogens is 506 g/mol. The van der Waals surface area contributed by atoms with Gasteiger partial charge in [0.25, 0.3) is 11.1 Å². The van der Waals surface area contributed by atoms with E-state index in [4.69, 9.17) is 16.3 Å². The van der Waals surface area contributed by atoms with Crippen LogP contribution in [0.1, 0.15) is 48.9 Å². The molecule has 5 rings (SSSR count). The average Bonchev–Trinajstić information content (AvgIpc) is 3.08. The fourth-order valence-electron chi connectivity index (χ4n) is 4.65. The quantitative estimate of drug-likeness (QED) is 0.450. The normalized spacial score (nSPS) is 18.5. The zero-order valence-corrected chi connectivity index (χ0v) is 21.7. The number of carbonyl (C=O) groups excluding carboxylic acids is 1. The van der Waals surface area contributed by atoms with Crippen LogP contribution in [0.2, 0.25) is 5.02 Å². The fraction of sp³-hybridized carbons (Fsp3) is 0.440. The zero-order valence-electron chi connectivity index (χ0n) is 19.4. The van der Waals surface area contributed by atoms with Crippen molar-refractivity contribution in [1.29, 1.82) is 0 Å². The second-order valence-corrected chi connectivity index (χ2v) is 12.4. The number of benzene rings is 2. The minimum atomic E-state index is -3.52. The lowest BCUT2D eigenvalue weighted by Crippen LogP contribution is -2.41. The van der Waals surface area contributed by atoms with Crippen LogP contribution in [0.4, 0.5) is 0 Å². The summed E-state index contributed by atoms with van der Waals surface area (Å²) in [6.07, 6.45) is 5.31. The first kappa shape index (κ1) is 24.5. The zero-order chi connectivity index (χ0) is 24.4. The predicted octanol–water partition coefficient (Wildman–Crippen LogP) is 5.20. The molecule has 0 aliphatic carbocycles. The summed E-state index contributed by atoms with van der Waals surface area (Å²) in [5, 5.41) is 1.21. The van der Waals surface area contributed by atoms with Gasteiger partial charge in [-0.25, -0.2) is 13.4 Å². The smallest absolute Gasteiger partial charge is 0.274 e. The molecule has 0 atom stereocenters. The van der Waals surface area contributed by atoms with Crippen LogP contribution in [0, 0.1) is 0 Å². The predicted molar refractivity (Wildman–Crippen MR) is 138 cm³/mol. The number of carbonyl (C=O) groups is 1. The fourth-order valence-corrected chi connectivity index (χ4v) is 7.35. The van der Waals surface area contributed by atoms with Crippen molar-refractivity contribution < 1.29 is 17.9 Å². The van der Waals surface area contributed by atoms with Crippen molar-refractivity contribution in [1.82, 2.24) is 14.2 Å². The molecule has 3 aromatic rings. The van der Waals surface area contributed by atoms with Crippen LogP contribution in [-0.4, -0.2) is 60.8 Å². The van der Waals surface area contributed by atoms with E-state index in [0.29, 0.717) is 54.8 Å². The van der Waals surface area contributed by atoms with Crippen molar-refractivity contribution >= 4 is 49.1 Å². The molecule has 3 heterocycles. The number of aromatic nitrogens is 1. The Balaban J connectivity index is 1.18. The van der Waals surface area contributed by atoms with Crippen molar-refractivity contribution in [3.63, 3.8) is 0 Å². The number of hydrogen-bond donors (Lipinski definition) is 0. The topological polar surface area (TPSA) is 79.8 Å². The van der Waals surface area contributed by atoms with Gasteiger partial charge in [0.2, 0.25) is 10.0 Å². The Labute approximate surface area is 214 Å². The third kappa shape index (κ3) is 5.33. The Bertz CT molecular complexity index is 1290. The van der Waals surface area contributed by atoms with Crippen molar-refractivity contribution in [2.45, 2.75) is 49.5 Å². The van der Waals surface area contributed by atoms with E-state index in [2.05, 4.69) is 4.98 Å². The van der Waals surface area contributed by atoms with Crippen molar-refractivity contribution in [2.24, 2.45) is 0 Å². The first-order chi connectivity index (χ1) is 16.9. The van der Waals surface area contributed by atoms with Crippen LogP contribution in [0.3, 0.4) is 0 Å². The van der Waals surface area contributed by atoms with Crippen molar-refractivity contribution in [2.75, 3.05) is 26.2 Å². The minimum absolute atomic E-state index is 0.0143. The van der Waals surface area contributed by atoms with E-state index >= 15 is 0 Å². The Kier molecular flexibility index (Phi) is 7.29. The van der Waals surface area contributed by atoms with Gasteiger partial charge in [-0.3, -0.25) is 4.79 Å². The highest BCUT2D eigenvalue weighted by Gasteiger charge is 2.28. The maximum atomic E-state index is 13.0. The van der Waals surface area contributed by atoms with Gasteiger partial charge < -0.3 is 9.64 Å². The first-order valence-electron chi connectivity index (χ1n) is 12.0. The van der Waals surface area contributed by atoms with Crippen LogP contribution in [-0.2, 0) is 10.0 Å². The second kappa shape index (κ2) is 10.4. The molecule has 0 saturated carbocycles. The molecule has 0 N–H and O–H groups in total. The van der Waals surface area contributed by atoms with E-state index in [1.54, 1.807) is 33.5 Å². The molecule has 186 valence electrons. The van der Waals surface area contributed by atoms with Gasteiger partial charge >= 0.3 is 0 Å². The molecule has 10 heteroatoms. The first-order valence-corrected chi connectivity index (χ1v) is 14.7. The molecule has 0 bridgehead atoms. The van der Waals surface area contributed by atoms with Gasteiger partial charge in [0.05, 0.1) is 14.6 Å². The molecule has 0 unspecified atom stereocenters. The molecule has 35 heavy (non-hydrogen) atoms. The Morgan fingerprint density at radius 2 is 1.66 bits per heavy atom. The Morgan fingerprint density at radius 3 is 2.31 bits per heavy atom. The van der Waals surface area contributed by atoms with E-state index in [-0.39, 0.29) is 16.9 Å². The number of hydrogen-bond acceptors (Lipinski definition) is 6. The van der Waals surface area contributed by atoms with Crippen LogP contribution in [0.15, 0.2) is 47.4 Å². The van der Waals surface area contributed by atoms with E-state index in [1.807, 2.05) is 18.2 Å². The number of sulfonamides is 1. The minimum Gasteiger partial charge on any atom is -0.467 e. The molecule has 2 saturated heterocycles. The molecule has 7 nitrogen and oxygen atoms in total. The number of amides is 1. The average molecular weight is 534 g/mol.